The third kappa shape index (κ3) is 4.88. The number of hydrogen-bond acceptors (Lipinski definition) is 6. The second-order valence-corrected chi connectivity index (χ2v) is 5.20. The van der Waals surface area contributed by atoms with E-state index in [9.17, 15) is 18.0 Å². The van der Waals surface area contributed by atoms with Crippen LogP contribution in [0.2, 0.25) is 0 Å². The van der Waals surface area contributed by atoms with Crippen LogP contribution in [0, 0.1) is 6.92 Å². The van der Waals surface area contributed by atoms with Gasteiger partial charge in [-0.3, -0.25) is 10.1 Å². The van der Waals surface area contributed by atoms with Crippen molar-refractivity contribution in [3.8, 4) is 5.75 Å². The summed E-state index contributed by atoms with van der Waals surface area (Å²) < 4.78 is 46.4. The van der Waals surface area contributed by atoms with Gasteiger partial charge in [0.05, 0.1) is 0 Å². The number of nitrogens with one attached hydrogen (secondary N) is 1. The lowest BCUT2D eigenvalue weighted by molar-refractivity contribution is -0.153. The number of alkyl halides is 3. The van der Waals surface area contributed by atoms with E-state index in [2.05, 4.69) is 15.5 Å². The van der Waals surface area contributed by atoms with Crippen LogP contribution in [0.5, 0.6) is 5.75 Å². The molecule has 124 valence electrons. The molecule has 2 rings (SSSR count). The second kappa shape index (κ2) is 6.90. The van der Waals surface area contributed by atoms with Crippen LogP contribution in [-0.2, 0) is 0 Å². The van der Waals surface area contributed by atoms with Crippen molar-refractivity contribution in [2.24, 2.45) is 0 Å². The molecule has 1 N–H and O–H groups in total. The van der Waals surface area contributed by atoms with Crippen molar-refractivity contribution in [2.75, 3.05) is 18.2 Å². The summed E-state index contributed by atoms with van der Waals surface area (Å²) >= 11 is 1.16. The largest absolute Gasteiger partial charge is 0.483 e. The quantitative estimate of drug-likeness (QED) is 0.837. The first kappa shape index (κ1) is 17.1. The number of aromatic nitrogens is 2. The summed E-state index contributed by atoms with van der Waals surface area (Å²) in [6, 6.07) is 4.03. The molecule has 0 bridgehead atoms. The Labute approximate surface area is 133 Å². The highest BCUT2D eigenvalue weighted by atomic mass is 32.2. The van der Waals surface area contributed by atoms with Gasteiger partial charge in [0.1, 0.15) is 5.75 Å². The van der Waals surface area contributed by atoms with Crippen LogP contribution in [0.15, 0.2) is 27.5 Å². The number of benzene rings is 1. The van der Waals surface area contributed by atoms with Crippen molar-refractivity contribution in [1.29, 1.82) is 0 Å². The molecule has 0 atom stereocenters. The zero-order valence-electron chi connectivity index (χ0n) is 12.1. The molecule has 0 aliphatic rings. The Morgan fingerprint density at radius 3 is 2.70 bits per heavy atom. The lowest BCUT2D eigenvalue weighted by atomic mass is 10.2. The normalized spacial score (nSPS) is 11.3. The smallest absolute Gasteiger partial charge is 0.422 e. The predicted octanol–water partition coefficient (Wildman–Crippen LogP) is 3.29. The molecule has 0 unspecified atom stereocenters. The minimum absolute atomic E-state index is 0.0556. The van der Waals surface area contributed by atoms with Crippen molar-refractivity contribution < 1.29 is 27.1 Å². The van der Waals surface area contributed by atoms with Crippen molar-refractivity contribution >= 4 is 23.7 Å². The van der Waals surface area contributed by atoms with Crippen molar-refractivity contribution in [2.45, 2.75) is 18.0 Å². The van der Waals surface area contributed by atoms with E-state index in [-0.39, 0.29) is 17.3 Å². The number of amides is 1. The Kier molecular flexibility index (Phi) is 5.14. The summed E-state index contributed by atoms with van der Waals surface area (Å²) in [6.07, 6.45) is -2.76. The summed E-state index contributed by atoms with van der Waals surface area (Å²) in [4.78, 5) is 12.5. The molecule has 0 radical (unpaired) electrons. The first-order valence-corrected chi connectivity index (χ1v) is 7.50. The highest BCUT2D eigenvalue weighted by Crippen LogP contribution is 2.30. The molecule has 1 aromatic carbocycles. The van der Waals surface area contributed by atoms with E-state index in [1.54, 1.807) is 13.2 Å². The third-order valence-electron chi connectivity index (χ3n) is 2.56. The summed E-state index contributed by atoms with van der Waals surface area (Å²) in [7, 11) is 0. The average Bonchev–Trinajstić information content (AvgIpc) is 2.89. The Morgan fingerprint density at radius 2 is 2.13 bits per heavy atom. The van der Waals surface area contributed by atoms with Crippen LogP contribution >= 0.6 is 11.8 Å². The highest BCUT2D eigenvalue weighted by Gasteiger charge is 2.29. The van der Waals surface area contributed by atoms with Gasteiger partial charge in [0.15, 0.2) is 6.61 Å². The van der Waals surface area contributed by atoms with E-state index in [1.165, 1.54) is 18.2 Å². The maximum Gasteiger partial charge on any atom is 0.422 e. The molecule has 1 amide bonds. The SMILES string of the molecule is CSc1cc(C(=O)Nc2nnc(C)o2)ccc1OCC(F)(F)F. The standard InChI is InChI=1S/C13H12F3N3O3S/c1-7-18-19-12(22-7)17-11(20)8-3-4-9(10(5-8)23-2)21-6-13(14,15)16/h3-5H,6H2,1-2H3,(H,17,19,20). The number of carbonyl (C=O) groups is 1. The van der Waals surface area contributed by atoms with Crippen LogP contribution < -0.4 is 10.1 Å². The number of rotatable bonds is 5. The molecule has 10 heteroatoms. The van der Waals surface area contributed by atoms with E-state index in [1.807, 2.05) is 0 Å². The van der Waals surface area contributed by atoms with Gasteiger partial charge in [-0.1, -0.05) is 5.10 Å². The molecule has 0 saturated carbocycles. The van der Waals surface area contributed by atoms with E-state index in [0.29, 0.717) is 10.8 Å². The number of carbonyl (C=O) groups excluding carboxylic acids is 1. The van der Waals surface area contributed by atoms with Gasteiger partial charge in [-0.05, 0) is 24.5 Å². The lowest BCUT2D eigenvalue weighted by Gasteiger charge is -2.13. The summed E-state index contributed by atoms with van der Waals surface area (Å²) in [5.41, 5.74) is 0.226. The van der Waals surface area contributed by atoms with Crippen molar-refractivity contribution in [3.05, 3.63) is 29.7 Å². The molecule has 1 aromatic heterocycles. The van der Waals surface area contributed by atoms with E-state index < -0.39 is 18.7 Å². The lowest BCUT2D eigenvalue weighted by Crippen LogP contribution is -2.19. The third-order valence-corrected chi connectivity index (χ3v) is 3.32. The molecule has 0 aliphatic carbocycles. The molecular formula is C13H12F3N3O3S. The Hall–Kier alpha value is -2.23. The fraction of sp³-hybridized carbons (Fsp3) is 0.308. The second-order valence-electron chi connectivity index (χ2n) is 4.35. The first-order valence-electron chi connectivity index (χ1n) is 6.27. The molecule has 0 aliphatic heterocycles. The first-order chi connectivity index (χ1) is 10.8. The maximum absolute atomic E-state index is 12.2. The number of nitrogens with zero attached hydrogens (tertiary/aromatic N) is 2. The number of anilines is 1. The predicted molar refractivity (Wildman–Crippen MR) is 76.8 cm³/mol. The van der Waals surface area contributed by atoms with E-state index >= 15 is 0 Å². The Morgan fingerprint density at radius 1 is 1.39 bits per heavy atom. The fourth-order valence-electron chi connectivity index (χ4n) is 1.60. The zero-order chi connectivity index (χ0) is 17.0. The molecule has 2 aromatic rings. The molecule has 1 heterocycles. The van der Waals surface area contributed by atoms with Crippen LogP contribution in [0.3, 0.4) is 0 Å². The molecule has 0 fully saturated rings. The van der Waals surface area contributed by atoms with Gasteiger partial charge in [0, 0.05) is 17.4 Å². The molecule has 0 spiro atoms. The van der Waals surface area contributed by atoms with Crippen LogP contribution in [0.4, 0.5) is 19.2 Å². The Balaban J connectivity index is 2.12. The molecule has 0 saturated heterocycles. The van der Waals surface area contributed by atoms with E-state index in [0.717, 1.165) is 11.8 Å². The minimum Gasteiger partial charge on any atom is -0.483 e. The fourth-order valence-corrected chi connectivity index (χ4v) is 2.18. The summed E-state index contributed by atoms with van der Waals surface area (Å²) in [5.74, 6) is -0.174. The molecule has 23 heavy (non-hydrogen) atoms. The van der Waals surface area contributed by atoms with Gasteiger partial charge in [-0.25, -0.2) is 0 Å². The Bertz CT molecular complexity index is 703. The van der Waals surface area contributed by atoms with Crippen molar-refractivity contribution in [3.63, 3.8) is 0 Å². The summed E-state index contributed by atoms with van der Waals surface area (Å²) in [5, 5.41) is 9.59. The van der Waals surface area contributed by atoms with Gasteiger partial charge < -0.3 is 9.15 Å². The summed E-state index contributed by atoms with van der Waals surface area (Å²) in [6.45, 7) is 0.175. The topological polar surface area (TPSA) is 77.3 Å². The van der Waals surface area contributed by atoms with E-state index in [4.69, 9.17) is 9.15 Å². The maximum atomic E-state index is 12.2. The monoisotopic (exact) mass is 347 g/mol. The van der Waals surface area contributed by atoms with Gasteiger partial charge >= 0.3 is 12.2 Å². The highest BCUT2D eigenvalue weighted by molar-refractivity contribution is 7.98. The minimum atomic E-state index is -4.43. The number of aryl methyl sites for hydroxylation is 1. The zero-order valence-corrected chi connectivity index (χ0v) is 12.9. The number of hydrogen-bond donors (Lipinski definition) is 1. The van der Waals surface area contributed by atoms with Crippen LogP contribution in [0.1, 0.15) is 16.2 Å². The van der Waals surface area contributed by atoms with Gasteiger partial charge in [-0.2, -0.15) is 13.2 Å². The number of halogens is 3. The van der Waals surface area contributed by atoms with Crippen molar-refractivity contribution in [1.82, 2.24) is 10.2 Å². The molecular weight excluding hydrogens is 335 g/mol. The molecule has 6 nitrogen and oxygen atoms in total. The van der Waals surface area contributed by atoms with Gasteiger partial charge in [0.2, 0.25) is 5.89 Å². The number of ether oxygens (including phenoxy) is 1. The van der Waals surface area contributed by atoms with Crippen LogP contribution in [0.25, 0.3) is 0 Å². The average molecular weight is 347 g/mol. The van der Waals surface area contributed by atoms with Gasteiger partial charge in [0.25, 0.3) is 5.91 Å². The number of thioether (sulfide) groups is 1. The van der Waals surface area contributed by atoms with Crippen LogP contribution in [-0.4, -0.2) is 35.1 Å². The van der Waals surface area contributed by atoms with Gasteiger partial charge in [-0.15, -0.1) is 16.9 Å².